The van der Waals surface area contributed by atoms with Gasteiger partial charge in [-0.05, 0) is 46.3 Å². The van der Waals surface area contributed by atoms with E-state index in [1.165, 1.54) is 0 Å². The highest BCUT2D eigenvalue weighted by Crippen LogP contribution is 2.38. The van der Waals surface area contributed by atoms with Gasteiger partial charge in [0.1, 0.15) is 0 Å². The van der Waals surface area contributed by atoms with Crippen molar-refractivity contribution in [3.05, 3.63) is 21.3 Å². The number of carbonyl (C=O) groups is 1. The Balaban J connectivity index is 2.65. The minimum atomic E-state index is -0.522. The molecule has 1 heterocycles. The fraction of sp³-hybridized carbons (Fsp3) is 0.125. The smallest absolute Gasteiger partial charge is 0.257 e. The third-order valence-corrected chi connectivity index (χ3v) is 2.77. The maximum Gasteiger partial charge on any atom is 0.257 e. The normalized spacial score (nSPS) is 13.1. The average molecular weight is 310 g/mol. The summed E-state index contributed by atoms with van der Waals surface area (Å²) in [6.07, 6.45) is 0. The number of rotatable bonds is 1. The second-order valence-electron chi connectivity index (χ2n) is 2.43. The molecule has 0 N–H and O–H groups in total. The molecule has 1 aromatic rings. The van der Waals surface area contributed by atoms with Crippen molar-refractivity contribution in [2.75, 3.05) is 6.79 Å². The maximum atomic E-state index is 11.1. The summed E-state index contributed by atoms with van der Waals surface area (Å²) in [5, 5.41) is -0.522. The number of fused-ring (bicyclic) bond motifs is 1. The number of benzene rings is 1. The predicted octanol–water partition coefficient (Wildman–Crippen LogP) is 2.40. The van der Waals surface area contributed by atoms with Gasteiger partial charge in [-0.1, -0.05) is 0 Å². The van der Waals surface area contributed by atoms with Crippen molar-refractivity contribution in [2.45, 2.75) is 0 Å². The quantitative estimate of drug-likeness (QED) is 0.590. The molecule has 0 saturated carbocycles. The Bertz CT molecular complexity index is 378. The number of halogens is 2. The molecule has 0 aromatic heterocycles. The van der Waals surface area contributed by atoms with Crippen LogP contribution in [0.15, 0.2) is 12.1 Å². The molecule has 0 amide bonds. The van der Waals surface area contributed by atoms with Crippen molar-refractivity contribution in [1.29, 1.82) is 0 Å². The van der Waals surface area contributed by atoms with Crippen molar-refractivity contribution in [3.63, 3.8) is 0 Å². The van der Waals surface area contributed by atoms with Crippen molar-refractivity contribution in [2.24, 2.45) is 0 Å². The SMILES string of the molecule is O=C(Cl)c1c(I)ccc2c1OCO2. The first-order chi connectivity index (χ1) is 6.20. The van der Waals surface area contributed by atoms with E-state index in [1.807, 2.05) is 22.6 Å². The van der Waals surface area contributed by atoms with E-state index in [0.717, 1.165) is 3.57 Å². The molecule has 13 heavy (non-hydrogen) atoms. The van der Waals surface area contributed by atoms with Gasteiger partial charge in [-0.2, -0.15) is 0 Å². The first-order valence-electron chi connectivity index (χ1n) is 3.48. The summed E-state index contributed by atoms with van der Waals surface area (Å²) in [5.41, 5.74) is 0.386. The first kappa shape index (κ1) is 9.08. The number of hydrogen-bond donors (Lipinski definition) is 0. The van der Waals surface area contributed by atoms with Crippen molar-refractivity contribution in [1.82, 2.24) is 0 Å². The van der Waals surface area contributed by atoms with Crippen LogP contribution < -0.4 is 9.47 Å². The lowest BCUT2D eigenvalue weighted by Crippen LogP contribution is -1.97. The van der Waals surface area contributed by atoms with Crippen molar-refractivity contribution in [3.8, 4) is 11.5 Å². The highest BCUT2D eigenvalue weighted by atomic mass is 127. The van der Waals surface area contributed by atoms with Gasteiger partial charge in [0.2, 0.25) is 6.79 Å². The van der Waals surface area contributed by atoms with Gasteiger partial charge in [-0.25, -0.2) is 0 Å². The van der Waals surface area contributed by atoms with Gasteiger partial charge in [-0.3, -0.25) is 4.79 Å². The molecule has 1 aromatic carbocycles. The fourth-order valence-electron chi connectivity index (χ4n) is 1.13. The lowest BCUT2D eigenvalue weighted by Gasteiger charge is -2.02. The van der Waals surface area contributed by atoms with E-state index >= 15 is 0 Å². The summed E-state index contributed by atoms with van der Waals surface area (Å²) in [6.45, 7) is 0.145. The fourth-order valence-corrected chi connectivity index (χ4v) is 2.15. The molecule has 1 aliphatic heterocycles. The summed E-state index contributed by atoms with van der Waals surface area (Å²) in [6, 6.07) is 3.52. The molecule has 0 bridgehead atoms. The van der Waals surface area contributed by atoms with Crippen LogP contribution in [0.25, 0.3) is 0 Å². The van der Waals surface area contributed by atoms with Gasteiger partial charge in [0, 0.05) is 3.57 Å². The van der Waals surface area contributed by atoms with Crippen molar-refractivity contribution < 1.29 is 14.3 Å². The number of ether oxygens (including phenoxy) is 2. The lowest BCUT2D eigenvalue weighted by atomic mass is 10.2. The Morgan fingerprint density at radius 1 is 1.46 bits per heavy atom. The summed E-state index contributed by atoms with van der Waals surface area (Å²) < 4.78 is 11.0. The van der Waals surface area contributed by atoms with Crippen LogP contribution in [0, 0.1) is 3.57 Å². The zero-order valence-corrected chi connectivity index (χ0v) is 9.26. The third-order valence-electron chi connectivity index (χ3n) is 1.68. The topological polar surface area (TPSA) is 35.5 Å². The summed E-state index contributed by atoms with van der Waals surface area (Å²) in [5.74, 6) is 1.02. The molecule has 0 aliphatic carbocycles. The third kappa shape index (κ3) is 1.48. The molecule has 0 radical (unpaired) electrons. The minimum Gasteiger partial charge on any atom is -0.454 e. The summed E-state index contributed by atoms with van der Waals surface area (Å²) in [7, 11) is 0. The minimum absolute atomic E-state index is 0.145. The molecular formula is C8H4ClIO3. The van der Waals surface area contributed by atoms with Crippen LogP contribution in [0.5, 0.6) is 11.5 Å². The summed E-state index contributed by atoms with van der Waals surface area (Å²) in [4.78, 5) is 11.1. The molecule has 0 spiro atoms. The molecular weight excluding hydrogens is 306 g/mol. The maximum absolute atomic E-state index is 11.1. The van der Waals surface area contributed by atoms with E-state index in [2.05, 4.69) is 0 Å². The van der Waals surface area contributed by atoms with Gasteiger partial charge in [0.25, 0.3) is 5.24 Å². The van der Waals surface area contributed by atoms with Crippen LogP contribution in [0.4, 0.5) is 0 Å². The van der Waals surface area contributed by atoms with Crippen molar-refractivity contribution >= 4 is 39.4 Å². The predicted molar refractivity (Wildman–Crippen MR) is 55.5 cm³/mol. The van der Waals surface area contributed by atoms with Crippen LogP contribution in [0.3, 0.4) is 0 Å². The van der Waals surface area contributed by atoms with Gasteiger partial charge in [0.05, 0.1) is 5.56 Å². The molecule has 68 valence electrons. The van der Waals surface area contributed by atoms with Crippen LogP contribution >= 0.6 is 34.2 Å². The zero-order chi connectivity index (χ0) is 9.42. The largest absolute Gasteiger partial charge is 0.454 e. The Morgan fingerprint density at radius 2 is 2.23 bits per heavy atom. The van der Waals surface area contributed by atoms with Gasteiger partial charge < -0.3 is 9.47 Å². The Morgan fingerprint density at radius 3 is 2.92 bits per heavy atom. The van der Waals surface area contributed by atoms with Gasteiger partial charge >= 0.3 is 0 Å². The highest BCUT2D eigenvalue weighted by molar-refractivity contribution is 14.1. The highest BCUT2D eigenvalue weighted by Gasteiger charge is 2.23. The standard InChI is InChI=1S/C8H4ClIO3/c9-8(11)6-4(10)1-2-5-7(6)13-3-12-5/h1-2H,3H2. The van der Waals surface area contributed by atoms with Crippen LogP contribution in [-0.4, -0.2) is 12.0 Å². The average Bonchev–Trinajstić information content (AvgIpc) is 2.50. The Kier molecular flexibility index (Phi) is 2.33. The number of hydrogen-bond acceptors (Lipinski definition) is 3. The molecule has 0 saturated heterocycles. The summed E-state index contributed by atoms with van der Waals surface area (Å²) >= 11 is 7.44. The zero-order valence-electron chi connectivity index (χ0n) is 6.34. The monoisotopic (exact) mass is 310 g/mol. The second-order valence-corrected chi connectivity index (χ2v) is 3.94. The molecule has 1 aliphatic rings. The van der Waals surface area contributed by atoms with E-state index in [4.69, 9.17) is 21.1 Å². The Labute approximate surface area is 93.1 Å². The number of carbonyl (C=O) groups excluding carboxylic acids is 1. The van der Waals surface area contributed by atoms with E-state index in [9.17, 15) is 4.79 Å². The van der Waals surface area contributed by atoms with Gasteiger partial charge in [0.15, 0.2) is 11.5 Å². The molecule has 3 nitrogen and oxygen atoms in total. The van der Waals surface area contributed by atoms with E-state index < -0.39 is 5.24 Å². The lowest BCUT2D eigenvalue weighted by molar-refractivity contribution is 0.107. The van der Waals surface area contributed by atoms with Crippen LogP contribution in [0.2, 0.25) is 0 Å². The Hall–Kier alpha value is -0.490. The molecule has 2 rings (SSSR count). The van der Waals surface area contributed by atoms with E-state index in [1.54, 1.807) is 12.1 Å². The van der Waals surface area contributed by atoms with E-state index in [-0.39, 0.29) is 6.79 Å². The second kappa shape index (κ2) is 3.34. The molecule has 5 heteroatoms. The first-order valence-corrected chi connectivity index (χ1v) is 4.94. The molecule has 0 atom stereocenters. The van der Waals surface area contributed by atoms with Crippen LogP contribution in [-0.2, 0) is 0 Å². The van der Waals surface area contributed by atoms with E-state index in [0.29, 0.717) is 17.1 Å². The molecule has 0 fully saturated rings. The van der Waals surface area contributed by atoms with Crippen LogP contribution in [0.1, 0.15) is 10.4 Å². The molecule has 0 unspecified atom stereocenters. The van der Waals surface area contributed by atoms with Gasteiger partial charge in [-0.15, -0.1) is 0 Å².